The molecule has 5 heteroatoms. The number of fused-ring (bicyclic) bond motifs is 3. The number of aliphatic hydroxyl groups is 1. The van der Waals surface area contributed by atoms with Crippen LogP contribution in [0.4, 0.5) is 0 Å². The zero-order valence-electron chi connectivity index (χ0n) is 20.7. The van der Waals surface area contributed by atoms with Crippen molar-refractivity contribution in [2.45, 2.75) is 78.1 Å². The van der Waals surface area contributed by atoms with Gasteiger partial charge in [0.15, 0.2) is 0 Å². The second-order valence-corrected chi connectivity index (χ2v) is 12.3. The van der Waals surface area contributed by atoms with Crippen molar-refractivity contribution in [1.82, 2.24) is 9.88 Å². The Labute approximate surface area is 202 Å². The molecule has 0 radical (unpaired) electrons. The molecule has 3 atom stereocenters. The highest BCUT2D eigenvalue weighted by atomic mass is 32.1. The van der Waals surface area contributed by atoms with Gasteiger partial charge in [-0.25, -0.2) is 4.98 Å². The molecule has 0 amide bonds. The van der Waals surface area contributed by atoms with E-state index in [2.05, 4.69) is 55.8 Å². The summed E-state index contributed by atoms with van der Waals surface area (Å²) in [6.45, 7) is 12.7. The van der Waals surface area contributed by atoms with Gasteiger partial charge in [-0.05, 0) is 72.0 Å². The van der Waals surface area contributed by atoms with Crippen LogP contribution in [-0.4, -0.2) is 33.9 Å². The van der Waals surface area contributed by atoms with E-state index < -0.39 is 0 Å². The first-order chi connectivity index (χ1) is 15.6. The maximum atomic E-state index is 10.8. The summed E-state index contributed by atoms with van der Waals surface area (Å²) in [6.07, 6.45) is 6.00. The monoisotopic (exact) mass is 463 g/mol. The van der Waals surface area contributed by atoms with Crippen LogP contribution in [0, 0.1) is 23.7 Å². The molecule has 33 heavy (non-hydrogen) atoms. The standard InChI is InChI=1S/C28H37N3OS/c1-17(2)19-7-9-21-20(13-19)8-10-23-27(4,11-6-12-28(21,23)5)16-31-14-22(32)24(25(31)29)26-30-18(3)15-33-26/h7,9,13,15,17,23,29,32H,6,8,10-12,14,16H2,1-5H3/t23?,27-,28+/m0/s1. The van der Waals surface area contributed by atoms with Gasteiger partial charge in [-0.2, -0.15) is 0 Å². The predicted molar refractivity (Wildman–Crippen MR) is 137 cm³/mol. The van der Waals surface area contributed by atoms with Crippen LogP contribution in [0.5, 0.6) is 0 Å². The molecule has 0 saturated heterocycles. The molecular weight excluding hydrogens is 426 g/mol. The molecular formula is C28H37N3OS. The van der Waals surface area contributed by atoms with Crippen LogP contribution in [0.1, 0.15) is 86.7 Å². The molecule has 5 rings (SSSR count). The zero-order valence-corrected chi connectivity index (χ0v) is 21.5. The summed E-state index contributed by atoms with van der Waals surface area (Å²) in [4.78, 5) is 6.65. The second kappa shape index (κ2) is 7.97. The van der Waals surface area contributed by atoms with Gasteiger partial charge in [-0.15, -0.1) is 11.3 Å². The van der Waals surface area contributed by atoms with E-state index in [9.17, 15) is 5.11 Å². The van der Waals surface area contributed by atoms with Crippen LogP contribution in [0.3, 0.4) is 0 Å². The van der Waals surface area contributed by atoms with Crippen LogP contribution in [0.15, 0.2) is 29.3 Å². The van der Waals surface area contributed by atoms with E-state index in [0.717, 1.165) is 23.7 Å². The van der Waals surface area contributed by atoms with Crippen LogP contribution in [-0.2, 0) is 11.8 Å². The lowest BCUT2D eigenvalue weighted by molar-refractivity contribution is 0.0108. The number of nitrogens with zero attached hydrogens (tertiary/aromatic N) is 2. The molecule has 2 aromatic rings. The lowest BCUT2D eigenvalue weighted by Gasteiger charge is -2.56. The van der Waals surface area contributed by atoms with E-state index in [1.165, 1.54) is 42.6 Å². The fourth-order valence-electron chi connectivity index (χ4n) is 7.09. The molecule has 1 aromatic heterocycles. The Kier molecular flexibility index (Phi) is 5.47. The maximum Gasteiger partial charge on any atom is 0.135 e. The van der Waals surface area contributed by atoms with Gasteiger partial charge >= 0.3 is 0 Å². The summed E-state index contributed by atoms with van der Waals surface area (Å²) in [5.74, 6) is 1.88. The van der Waals surface area contributed by atoms with Gasteiger partial charge in [0.25, 0.3) is 0 Å². The van der Waals surface area contributed by atoms with Crippen molar-refractivity contribution in [3.63, 3.8) is 0 Å². The number of aromatic nitrogens is 1. The Morgan fingerprint density at radius 1 is 1.27 bits per heavy atom. The fourth-order valence-corrected chi connectivity index (χ4v) is 7.95. The predicted octanol–water partition coefficient (Wildman–Crippen LogP) is 6.85. The highest BCUT2D eigenvalue weighted by molar-refractivity contribution is 7.11. The molecule has 0 spiro atoms. The van der Waals surface area contributed by atoms with Gasteiger partial charge in [0.2, 0.25) is 0 Å². The van der Waals surface area contributed by atoms with E-state index in [1.54, 1.807) is 11.1 Å². The topological polar surface area (TPSA) is 60.2 Å². The first-order valence-electron chi connectivity index (χ1n) is 12.4. The number of hydrogen-bond acceptors (Lipinski definition) is 4. The number of hydrogen-bond donors (Lipinski definition) is 2. The minimum atomic E-state index is 0.113. The third-order valence-electron chi connectivity index (χ3n) is 8.74. The third kappa shape index (κ3) is 3.63. The molecule has 2 N–H and O–H groups in total. The highest BCUT2D eigenvalue weighted by Crippen LogP contribution is 2.57. The summed E-state index contributed by atoms with van der Waals surface area (Å²) in [5, 5.41) is 22.4. The Bertz CT molecular complexity index is 1130. The highest BCUT2D eigenvalue weighted by Gasteiger charge is 2.52. The summed E-state index contributed by atoms with van der Waals surface area (Å²) in [5.41, 5.74) is 6.43. The normalized spacial score (nSPS) is 29.6. The van der Waals surface area contributed by atoms with Crippen molar-refractivity contribution >= 4 is 22.7 Å². The number of thiazole rings is 1. The van der Waals surface area contributed by atoms with Gasteiger partial charge in [-0.1, -0.05) is 52.3 Å². The van der Waals surface area contributed by atoms with E-state index >= 15 is 0 Å². The molecule has 4 nitrogen and oxygen atoms in total. The minimum Gasteiger partial charge on any atom is -0.510 e. The van der Waals surface area contributed by atoms with Gasteiger partial charge < -0.3 is 10.0 Å². The Hall–Kier alpha value is -2.14. The minimum absolute atomic E-state index is 0.113. The van der Waals surface area contributed by atoms with Crippen LogP contribution in [0.2, 0.25) is 0 Å². The molecule has 2 heterocycles. The maximum absolute atomic E-state index is 10.8. The number of nitrogens with one attached hydrogen (secondary N) is 1. The second-order valence-electron chi connectivity index (χ2n) is 11.4. The molecule has 1 saturated carbocycles. The molecule has 1 unspecified atom stereocenters. The van der Waals surface area contributed by atoms with Crippen molar-refractivity contribution in [1.29, 1.82) is 5.41 Å². The number of rotatable bonds is 4. The third-order valence-corrected chi connectivity index (χ3v) is 9.71. The van der Waals surface area contributed by atoms with Crippen molar-refractivity contribution in [2.75, 3.05) is 13.1 Å². The first kappa shape index (κ1) is 22.6. The van der Waals surface area contributed by atoms with E-state index in [4.69, 9.17) is 5.41 Å². The van der Waals surface area contributed by atoms with Gasteiger partial charge in [0.05, 0.1) is 12.1 Å². The van der Waals surface area contributed by atoms with Crippen LogP contribution >= 0.6 is 11.3 Å². The van der Waals surface area contributed by atoms with E-state index in [0.29, 0.717) is 35.5 Å². The number of aryl methyl sites for hydroxylation is 2. The smallest absolute Gasteiger partial charge is 0.135 e. The number of aliphatic hydroxyl groups excluding tert-OH is 1. The number of amidine groups is 1. The molecule has 3 aliphatic rings. The Balaban J connectivity index is 1.42. The summed E-state index contributed by atoms with van der Waals surface area (Å²) >= 11 is 1.52. The van der Waals surface area contributed by atoms with Crippen molar-refractivity contribution in [3.05, 3.63) is 56.7 Å². The molecule has 176 valence electrons. The molecule has 0 bridgehead atoms. The molecule has 1 aliphatic heterocycles. The van der Waals surface area contributed by atoms with Crippen molar-refractivity contribution in [2.24, 2.45) is 11.3 Å². The molecule has 2 aliphatic carbocycles. The lowest BCUT2D eigenvalue weighted by Crippen LogP contribution is -2.53. The summed E-state index contributed by atoms with van der Waals surface area (Å²) in [7, 11) is 0. The summed E-state index contributed by atoms with van der Waals surface area (Å²) < 4.78 is 0. The quantitative estimate of drug-likeness (QED) is 0.521. The Morgan fingerprint density at radius 3 is 2.76 bits per heavy atom. The Morgan fingerprint density at radius 2 is 2.06 bits per heavy atom. The van der Waals surface area contributed by atoms with E-state index in [1.807, 2.05) is 12.3 Å². The van der Waals surface area contributed by atoms with Crippen molar-refractivity contribution < 1.29 is 5.11 Å². The van der Waals surface area contributed by atoms with Crippen LogP contribution in [0.25, 0.3) is 5.57 Å². The first-order valence-corrected chi connectivity index (χ1v) is 13.3. The van der Waals surface area contributed by atoms with Gasteiger partial charge in [0, 0.05) is 17.6 Å². The average Bonchev–Trinajstić information content (AvgIpc) is 3.29. The lowest BCUT2D eigenvalue weighted by atomic mass is 9.49. The fraction of sp³-hybridized carbons (Fsp3) is 0.571. The molecule has 1 aromatic carbocycles. The molecule has 1 fully saturated rings. The van der Waals surface area contributed by atoms with E-state index in [-0.39, 0.29) is 10.8 Å². The zero-order chi connectivity index (χ0) is 23.5. The SMILES string of the molecule is Cc1csc(C2=C(O)CN(C[C@]3(C)CCC[C@]4(C)c5ccc(C(C)C)cc5CCC34)C2=N)n1. The van der Waals surface area contributed by atoms with Gasteiger partial charge in [-0.3, -0.25) is 5.41 Å². The van der Waals surface area contributed by atoms with Gasteiger partial charge in [0.1, 0.15) is 16.6 Å². The largest absolute Gasteiger partial charge is 0.510 e. The summed E-state index contributed by atoms with van der Waals surface area (Å²) in [6, 6.07) is 7.24. The number of benzene rings is 1. The average molecular weight is 464 g/mol. The van der Waals surface area contributed by atoms with Crippen LogP contribution < -0.4 is 0 Å². The van der Waals surface area contributed by atoms with Crippen molar-refractivity contribution in [3.8, 4) is 0 Å².